The molecule has 0 aliphatic carbocycles. The molecule has 0 saturated heterocycles. The molecule has 1 unspecified atom stereocenters. The molecule has 66 valence electrons. The quantitative estimate of drug-likeness (QED) is 0.679. The van der Waals surface area contributed by atoms with E-state index < -0.39 is 18.8 Å². The van der Waals surface area contributed by atoms with Crippen LogP contribution >= 0.6 is 7.68 Å². The van der Waals surface area contributed by atoms with Crippen molar-refractivity contribution in [3.63, 3.8) is 0 Å². The molecule has 1 rings (SSSR count). The molecule has 0 aliphatic rings. The first-order valence-corrected chi connectivity index (χ1v) is 4.44. The third-order valence-electron chi connectivity index (χ3n) is 1.22. The van der Waals surface area contributed by atoms with Gasteiger partial charge in [-0.3, -0.25) is 0 Å². The highest BCUT2D eigenvalue weighted by molar-refractivity contribution is 7.61. The Morgan fingerprint density at radius 3 is 2.17 bits per heavy atom. The SMILES string of the molecule is O=P(F)(OF)c1ccc(F)cc1. The van der Waals surface area contributed by atoms with Gasteiger partial charge in [-0.1, -0.05) is 4.73 Å². The van der Waals surface area contributed by atoms with Crippen LogP contribution in [0.3, 0.4) is 0 Å². The van der Waals surface area contributed by atoms with E-state index in [-0.39, 0.29) is 0 Å². The fourth-order valence-electron chi connectivity index (χ4n) is 0.659. The van der Waals surface area contributed by atoms with Gasteiger partial charge in [-0.2, -0.15) is 0 Å². The first-order valence-electron chi connectivity index (χ1n) is 2.92. The predicted molar refractivity (Wildman–Crippen MR) is 36.9 cm³/mol. The third kappa shape index (κ3) is 1.87. The summed E-state index contributed by atoms with van der Waals surface area (Å²) in [5.74, 6) is -0.627. The van der Waals surface area contributed by atoms with E-state index >= 15 is 0 Å². The molecule has 1 atom stereocenters. The second-order valence-corrected chi connectivity index (χ2v) is 3.64. The average molecular weight is 196 g/mol. The van der Waals surface area contributed by atoms with Gasteiger partial charge >= 0.3 is 7.68 Å². The highest BCUT2D eigenvalue weighted by atomic mass is 31.2. The molecule has 0 saturated carbocycles. The van der Waals surface area contributed by atoms with Gasteiger partial charge in [0.15, 0.2) is 0 Å². The lowest BCUT2D eigenvalue weighted by molar-refractivity contribution is -0.00857. The van der Waals surface area contributed by atoms with Crippen molar-refractivity contribution in [2.45, 2.75) is 0 Å². The van der Waals surface area contributed by atoms with Crippen molar-refractivity contribution >= 4 is 13.0 Å². The Labute approximate surface area is 66.4 Å². The molecule has 0 radical (unpaired) electrons. The van der Waals surface area contributed by atoms with Crippen molar-refractivity contribution in [2.75, 3.05) is 0 Å². The van der Waals surface area contributed by atoms with Crippen molar-refractivity contribution in [3.8, 4) is 0 Å². The van der Waals surface area contributed by atoms with E-state index in [2.05, 4.69) is 4.73 Å². The molecule has 1 aromatic rings. The fraction of sp³-hybridized carbons (Fsp3) is 0. The molecule has 12 heavy (non-hydrogen) atoms. The molecule has 0 N–H and O–H groups in total. The van der Waals surface area contributed by atoms with Gasteiger partial charge in [0.1, 0.15) is 5.82 Å². The van der Waals surface area contributed by atoms with E-state index in [4.69, 9.17) is 0 Å². The molecule has 1 aromatic carbocycles. The first-order chi connectivity index (χ1) is 5.56. The Balaban J connectivity index is 3.05. The van der Waals surface area contributed by atoms with Crippen LogP contribution in [0, 0.1) is 5.82 Å². The normalized spacial score (nSPS) is 15.6. The van der Waals surface area contributed by atoms with Crippen molar-refractivity contribution < 1.29 is 22.4 Å². The van der Waals surface area contributed by atoms with E-state index in [0.717, 1.165) is 24.3 Å². The first kappa shape index (κ1) is 9.29. The lowest BCUT2D eigenvalue weighted by Gasteiger charge is -2.01. The van der Waals surface area contributed by atoms with E-state index in [0.29, 0.717) is 0 Å². The van der Waals surface area contributed by atoms with Crippen molar-refractivity contribution in [2.24, 2.45) is 0 Å². The smallest absolute Gasteiger partial charge is 0.247 e. The second kappa shape index (κ2) is 3.29. The number of halogens is 3. The minimum Gasteiger partial charge on any atom is -0.247 e. The molecule has 0 aliphatic heterocycles. The van der Waals surface area contributed by atoms with Crippen LogP contribution in [0.25, 0.3) is 0 Å². The molecule has 2 nitrogen and oxygen atoms in total. The minimum absolute atomic E-state index is 0.508. The Bertz CT molecular complexity index is 311. The van der Waals surface area contributed by atoms with Crippen LogP contribution in [0.1, 0.15) is 0 Å². The Hall–Kier alpha value is -0.800. The van der Waals surface area contributed by atoms with Gasteiger partial charge in [-0.15, -0.1) is 4.20 Å². The predicted octanol–water partition coefficient (Wildman–Crippen LogP) is 2.51. The number of hydrogen-bond donors (Lipinski definition) is 0. The van der Waals surface area contributed by atoms with Crippen LogP contribution in [-0.2, 0) is 9.29 Å². The zero-order chi connectivity index (χ0) is 9.19. The van der Waals surface area contributed by atoms with E-state index in [9.17, 15) is 17.7 Å². The summed E-state index contributed by atoms with van der Waals surface area (Å²) in [6.45, 7) is 0. The lowest BCUT2D eigenvalue weighted by atomic mass is 10.4. The van der Waals surface area contributed by atoms with Gasteiger partial charge in [0, 0.05) is 0 Å². The minimum atomic E-state index is -4.88. The largest absolute Gasteiger partial charge is 0.428 e. The molecule has 0 spiro atoms. The van der Waals surface area contributed by atoms with Gasteiger partial charge in [-0.05, 0) is 28.8 Å². The van der Waals surface area contributed by atoms with Crippen molar-refractivity contribution in [3.05, 3.63) is 30.1 Å². The van der Waals surface area contributed by atoms with Crippen LogP contribution in [0.15, 0.2) is 24.3 Å². The summed E-state index contributed by atoms with van der Waals surface area (Å²) in [6, 6.07) is 3.44. The summed E-state index contributed by atoms with van der Waals surface area (Å²) in [5.41, 5.74) is 0. The molecule has 0 heterocycles. The molecule has 0 amide bonds. The number of hydrogen-bond acceptors (Lipinski definition) is 2. The molecule has 0 aromatic heterocycles. The van der Waals surface area contributed by atoms with E-state index in [1.165, 1.54) is 0 Å². The Kier molecular flexibility index (Phi) is 2.55. The average Bonchev–Trinajstić information content (AvgIpc) is 2.05. The van der Waals surface area contributed by atoms with Gasteiger partial charge < -0.3 is 0 Å². The monoisotopic (exact) mass is 196 g/mol. The summed E-state index contributed by atoms with van der Waals surface area (Å²) < 4.78 is 49.2. The zero-order valence-corrected chi connectivity index (χ0v) is 6.60. The Morgan fingerprint density at radius 1 is 1.25 bits per heavy atom. The summed E-state index contributed by atoms with van der Waals surface area (Å²) in [6.07, 6.45) is 0. The maximum absolute atomic E-state index is 12.5. The van der Waals surface area contributed by atoms with Crippen LogP contribution in [-0.4, -0.2) is 0 Å². The molecule has 0 bridgehead atoms. The second-order valence-electron chi connectivity index (χ2n) is 2.03. The molecular formula is C6H4F3O2P. The Morgan fingerprint density at radius 2 is 1.75 bits per heavy atom. The third-order valence-corrected chi connectivity index (χ3v) is 2.32. The molecule has 0 fully saturated rings. The van der Waals surface area contributed by atoms with Gasteiger partial charge in [0.25, 0.3) is 0 Å². The van der Waals surface area contributed by atoms with Crippen molar-refractivity contribution in [1.29, 1.82) is 0 Å². The van der Waals surface area contributed by atoms with E-state index in [1.54, 1.807) is 0 Å². The van der Waals surface area contributed by atoms with E-state index in [1.807, 2.05) is 0 Å². The summed E-state index contributed by atoms with van der Waals surface area (Å²) in [7, 11) is -4.88. The van der Waals surface area contributed by atoms with Gasteiger partial charge in [0.05, 0.1) is 5.30 Å². The summed E-state index contributed by atoms with van der Waals surface area (Å²) in [5, 5.41) is -0.508. The van der Waals surface area contributed by atoms with Crippen LogP contribution in [0.4, 0.5) is 13.1 Å². The molecule has 6 heteroatoms. The zero-order valence-electron chi connectivity index (χ0n) is 5.71. The number of rotatable bonds is 2. The fourth-order valence-corrected chi connectivity index (χ4v) is 1.24. The maximum Gasteiger partial charge on any atom is 0.428 e. The summed E-state index contributed by atoms with van der Waals surface area (Å²) in [4.78, 5) is 0. The lowest BCUT2D eigenvalue weighted by Crippen LogP contribution is -2.00. The molecular weight excluding hydrogens is 192 g/mol. The van der Waals surface area contributed by atoms with Crippen LogP contribution in [0.5, 0.6) is 0 Å². The topological polar surface area (TPSA) is 26.3 Å². The highest BCUT2D eigenvalue weighted by Crippen LogP contribution is 2.47. The van der Waals surface area contributed by atoms with Crippen LogP contribution in [0.2, 0.25) is 0 Å². The van der Waals surface area contributed by atoms with Gasteiger partial charge in [0.2, 0.25) is 0 Å². The highest BCUT2D eigenvalue weighted by Gasteiger charge is 2.26. The van der Waals surface area contributed by atoms with Gasteiger partial charge in [-0.25, -0.2) is 8.96 Å². The van der Waals surface area contributed by atoms with Crippen molar-refractivity contribution in [1.82, 2.24) is 0 Å². The standard InChI is InChI=1S/C6H4F3O2P/c7-5-1-3-6(4-2-5)12(9,10)11-8/h1-4H. The maximum atomic E-state index is 12.5. The summed E-state index contributed by atoms with van der Waals surface area (Å²) >= 11 is 0. The van der Waals surface area contributed by atoms with Crippen LogP contribution < -0.4 is 5.30 Å². The number of benzene rings is 1.